The van der Waals surface area contributed by atoms with Gasteiger partial charge in [-0.05, 0) is 42.3 Å². The van der Waals surface area contributed by atoms with Gasteiger partial charge < -0.3 is 9.73 Å². The maximum Gasteiger partial charge on any atom is 0.287 e. The highest BCUT2D eigenvalue weighted by atomic mass is 32.2. The highest BCUT2D eigenvalue weighted by Crippen LogP contribution is 2.29. The summed E-state index contributed by atoms with van der Waals surface area (Å²) < 4.78 is 57.0. The molecule has 0 saturated carbocycles. The molecular formula is C22H22N2O6S2. The summed E-state index contributed by atoms with van der Waals surface area (Å²) in [5.41, 5.74) is 1.66. The summed E-state index contributed by atoms with van der Waals surface area (Å²) >= 11 is 0. The number of para-hydroxylation sites is 1. The smallest absolute Gasteiger partial charge is 0.287 e. The Morgan fingerprint density at radius 3 is 2.44 bits per heavy atom. The molecule has 2 aromatic carbocycles. The van der Waals surface area contributed by atoms with Crippen LogP contribution in [0.15, 0.2) is 76.0 Å². The lowest BCUT2D eigenvalue weighted by Crippen LogP contribution is -2.36. The maximum atomic E-state index is 12.7. The van der Waals surface area contributed by atoms with Crippen molar-refractivity contribution in [2.45, 2.75) is 17.1 Å². The number of fused-ring (bicyclic) bond motifs is 1. The van der Waals surface area contributed by atoms with Crippen molar-refractivity contribution >= 4 is 31.5 Å². The first-order valence-electron chi connectivity index (χ1n) is 9.99. The molecule has 3 aromatic rings. The molecule has 4 rings (SSSR count). The summed E-state index contributed by atoms with van der Waals surface area (Å²) in [5.74, 6) is -1.20. The number of sulfonamides is 1. The monoisotopic (exact) mass is 474 g/mol. The summed E-state index contributed by atoms with van der Waals surface area (Å²) in [6.45, 7) is 0.283. The van der Waals surface area contributed by atoms with Gasteiger partial charge in [0, 0.05) is 13.1 Å². The minimum Gasteiger partial charge on any atom is -0.455 e. The van der Waals surface area contributed by atoms with Gasteiger partial charge in [-0.1, -0.05) is 36.4 Å². The van der Waals surface area contributed by atoms with E-state index in [1.807, 2.05) is 12.1 Å². The molecule has 1 aromatic heterocycles. The van der Waals surface area contributed by atoms with E-state index in [9.17, 15) is 21.6 Å². The van der Waals surface area contributed by atoms with Gasteiger partial charge in [-0.25, -0.2) is 16.8 Å². The van der Waals surface area contributed by atoms with Gasteiger partial charge >= 0.3 is 0 Å². The Hall–Kier alpha value is -3.11. The largest absolute Gasteiger partial charge is 0.455 e. The van der Waals surface area contributed by atoms with Gasteiger partial charge in [-0.3, -0.25) is 9.10 Å². The molecule has 1 aliphatic rings. The van der Waals surface area contributed by atoms with Crippen LogP contribution < -0.4 is 9.62 Å². The third-order valence-electron chi connectivity index (χ3n) is 5.15. The molecule has 1 aliphatic heterocycles. The van der Waals surface area contributed by atoms with Crippen LogP contribution in [-0.2, 0) is 32.0 Å². The summed E-state index contributed by atoms with van der Waals surface area (Å²) in [6, 6.07) is 18.1. The van der Waals surface area contributed by atoms with Crippen molar-refractivity contribution in [3.05, 3.63) is 83.8 Å². The third kappa shape index (κ3) is 4.71. The molecule has 0 saturated heterocycles. The number of benzene rings is 2. The van der Waals surface area contributed by atoms with Crippen molar-refractivity contribution < 1.29 is 26.0 Å². The van der Waals surface area contributed by atoms with Crippen LogP contribution in [0.5, 0.6) is 0 Å². The predicted octanol–water partition coefficient (Wildman–Crippen LogP) is 2.38. The van der Waals surface area contributed by atoms with E-state index in [2.05, 4.69) is 5.32 Å². The maximum absolute atomic E-state index is 12.7. The van der Waals surface area contributed by atoms with E-state index in [1.165, 1.54) is 28.6 Å². The lowest BCUT2D eigenvalue weighted by Gasteiger charge is -2.19. The van der Waals surface area contributed by atoms with Crippen LogP contribution in [0.1, 0.15) is 21.9 Å². The van der Waals surface area contributed by atoms with Crippen LogP contribution in [0.4, 0.5) is 5.69 Å². The van der Waals surface area contributed by atoms with Gasteiger partial charge in [0.05, 0.1) is 16.3 Å². The first kappa shape index (κ1) is 22.1. The molecule has 0 radical (unpaired) electrons. The molecule has 8 nitrogen and oxygen atoms in total. The molecule has 168 valence electrons. The minimum atomic E-state index is -3.61. The molecule has 0 unspecified atom stereocenters. The Morgan fingerprint density at radius 2 is 1.66 bits per heavy atom. The zero-order valence-electron chi connectivity index (χ0n) is 17.1. The van der Waals surface area contributed by atoms with E-state index < -0.39 is 25.8 Å². The number of nitrogens with zero attached hydrogens (tertiary/aromatic N) is 1. The number of hydrogen-bond acceptors (Lipinski definition) is 6. The SMILES string of the molecule is O=C(NCCS(=O)(=O)N1CCc2ccccc21)c1ccc(CS(=O)(=O)c2ccccc2)o1. The van der Waals surface area contributed by atoms with Gasteiger partial charge in [0.25, 0.3) is 5.91 Å². The second-order valence-corrected chi connectivity index (χ2v) is 11.4. The minimum absolute atomic E-state index is 0.0767. The predicted molar refractivity (Wildman–Crippen MR) is 120 cm³/mol. The zero-order valence-corrected chi connectivity index (χ0v) is 18.7. The Labute approximate surface area is 186 Å². The Morgan fingerprint density at radius 1 is 0.938 bits per heavy atom. The number of carbonyl (C=O) groups excluding carboxylic acids is 1. The van der Waals surface area contributed by atoms with Gasteiger partial charge in [-0.2, -0.15) is 0 Å². The summed E-state index contributed by atoms with van der Waals surface area (Å²) in [6.07, 6.45) is 0.656. The molecule has 1 N–H and O–H groups in total. The number of carbonyl (C=O) groups is 1. The summed E-state index contributed by atoms with van der Waals surface area (Å²) in [4.78, 5) is 12.5. The lowest BCUT2D eigenvalue weighted by molar-refractivity contribution is 0.0927. The number of hydrogen-bond donors (Lipinski definition) is 1. The number of amides is 1. The molecule has 32 heavy (non-hydrogen) atoms. The number of anilines is 1. The van der Waals surface area contributed by atoms with E-state index >= 15 is 0 Å². The Bertz CT molecular complexity index is 1330. The van der Waals surface area contributed by atoms with E-state index in [0.717, 1.165) is 5.56 Å². The number of nitrogens with one attached hydrogen (secondary N) is 1. The second kappa shape index (κ2) is 8.79. The van der Waals surface area contributed by atoms with Crippen LogP contribution >= 0.6 is 0 Å². The average Bonchev–Trinajstić information content (AvgIpc) is 3.41. The molecule has 2 heterocycles. The first-order valence-corrected chi connectivity index (χ1v) is 13.3. The summed E-state index contributed by atoms with van der Waals surface area (Å²) in [7, 11) is -7.20. The van der Waals surface area contributed by atoms with E-state index in [4.69, 9.17) is 4.42 Å². The highest BCUT2D eigenvalue weighted by Gasteiger charge is 2.29. The van der Waals surface area contributed by atoms with Crippen molar-refractivity contribution in [1.29, 1.82) is 0 Å². The van der Waals surface area contributed by atoms with Crippen molar-refractivity contribution in [1.82, 2.24) is 5.32 Å². The average molecular weight is 475 g/mol. The van der Waals surface area contributed by atoms with E-state index in [1.54, 1.807) is 30.3 Å². The summed E-state index contributed by atoms with van der Waals surface area (Å²) in [5, 5.41) is 2.52. The zero-order chi connectivity index (χ0) is 22.8. The van der Waals surface area contributed by atoms with Gasteiger partial charge in [0.1, 0.15) is 11.5 Å². The van der Waals surface area contributed by atoms with Crippen molar-refractivity contribution in [2.24, 2.45) is 0 Å². The molecule has 0 bridgehead atoms. The van der Waals surface area contributed by atoms with E-state index in [0.29, 0.717) is 18.7 Å². The quantitative estimate of drug-likeness (QED) is 0.536. The van der Waals surface area contributed by atoms with Crippen LogP contribution in [-0.4, -0.2) is 41.6 Å². The topological polar surface area (TPSA) is 114 Å². The number of furan rings is 1. The van der Waals surface area contributed by atoms with Crippen LogP contribution in [0.2, 0.25) is 0 Å². The fourth-order valence-corrected chi connectivity index (χ4v) is 6.26. The van der Waals surface area contributed by atoms with Crippen LogP contribution in [0.25, 0.3) is 0 Å². The molecule has 0 aliphatic carbocycles. The highest BCUT2D eigenvalue weighted by molar-refractivity contribution is 7.92. The molecule has 1 amide bonds. The number of sulfone groups is 1. The van der Waals surface area contributed by atoms with Crippen LogP contribution in [0, 0.1) is 0 Å². The Balaban J connectivity index is 1.34. The molecule has 0 atom stereocenters. The molecule has 0 spiro atoms. The molecular weight excluding hydrogens is 452 g/mol. The van der Waals surface area contributed by atoms with Gasteiger partial charge in [0.15, 0.2) is 15.6 Å². The molecule has 10 heteroatoms. The van der Waals surface area contributed by atoms with Gasteiger partial charge in [0.2, 0.25) is 10.0 Å². The van der Waals surface area contributed by atoms with Crippen molar-refractivity contribution in [2.75, 3.05) is 23.1 Å². The standard InChI is InChI=1S/C22H22N2O6S2/c25-22(21-11-10-18(30-21)16-31(26,27)19-7-2-1-3-8-19)23-13-15-32(28,29)24-14-12-17-6-4-5-9-20(17)24/h1-11H,12-16H2,(H,23,25). The third-order valence-corrected chi connectivity index (χ3v) is 8.57. The number of rotatable bonds is 8. The Kier molecular flexibility index (Phi) is 6.07. The first-order chi connectivity index (χ1) is 15.3. The van der Waals surface area contributed by atoms with E-state index in [-0.39, 0.29) is 34.5 Å². The van der Waals surface area contributed by atoms with Gasteiger partial charge in [-0.15, -0.1) is 0 Å². The second-order valence-electron chi connectivity index (χ2n) is 7.36. The fraction of sp³-hybridized carbons (Fsp3) is 0.227. The molecule has 0 fully saturated rings. The van der Waals surface area contributed by atoms with Crippen molar-refractivity contribution in [3.63, 3.8) is 0 Å². The lowest BCUT2D eigenvalue weighted by atomic mass is 10.2. The fourth-order valence-electron chi connectivity index (χ4n) is 3.56. The van der Waals surface area contributed by atoms with Crippen LogP contribution in [0.3, 0.4) is 0 Å². The van der Waals surface area contributed by atoms with Crippen molar-refractivity contribution in [3.8, 4) is 0 Å². The normalized spacial score (nSPS) is 13.7.